The number of nitrogens with one attached hydrogen (secondary N) is 2. The van der Waals surface area contributed by atoms with E-state index in [0.717, 1.165) is 10.5 Å². The second-order valence-corrected chi connectivity index (χ2v) is 5.37. The fourth-order valence-corrected chi connectivity index (χ4v) is 2.04. The molecule has 0 heterocycles. The summed E-state index contributed by atoms with van der Waals surface area (Å²) in [6.45, 7) is -0.602. The number of benzene rings is 1. The lowest BCUT2D eigenvalue weighted by atomic mass is 10.1. The first kappa shape index (κ1) is 20.3. The van der Waals surface area contributed by atoms with E-state index in [1.54, 1.807) is 0 Å². The molecule has 0 bridgehead atoms. The van der Waals surface area contributed by atoms with E-state index in [9.17, 15) is 19.2 Å². The molecule has 3 amide bonds. The quantitative estimate of drug-likeness (QED) is 0.292. The van der Waals surface area contributed by atoms with Crippen molar-refractivity contribution in [3.05, 3.63) is 35.9 Å². The number of aldehydes is 1. The molecule has 9 heteroatoms. The Balaban J connectivity index is 2.59. The molecule has 136 valence electrons. The molecule has 0 unspecified atom stereocenters. The Bertz CT molecular complexity index is 608. The molecular weight excluding hydrogens is 326 g/mol. The lowest BCUT2D eigenvalue weighted by molar-refractivity contribution is -0.138. The van der Waals surface area contributed by atoms with Crippen molar-refractivity contribution in [1.82, 2.24) is 15.5 Å². The number of amides is 3. The third-order valence-electron chi connectivity index (χ3n) is 3.45. The van der Waals surface area contributed by atoms with Crippen LogP contribution >= 0.6 is 0 Å². The summed E-state index contributed by atoms with van der Waals surface area (Å²) in [5.41, 5.74) is 11.9. The Hall–Kier alpha value is -2.78. The molecule has 0 fully saturated rings. The zero-order valence-electron chi connectivity index (χ0n) is 14.0. The first-order chi connectivity index (χ1) is 11.9. The number of nitrogens with two attached hydrogens (primary N) is 2. The third kappa shape index (κ3) is 6.69. The Labute approximate surface area is 145 Å². The highest BCUT2D eigenvalue weighted by atomic mass is 16.2. The van der Waals surface area contributed by atoms with Gasteiger partial charge < -0.3 is 27.0 Å². The summed E-state index contributed by atoms with van der Waals surface area (Å²) >= 11 is 0. The van der Waals surface area contributed by atoms with Gasteiger partial charge in [-0.15, -0.1) is 0 Å². The van der Waals surface area contributed by atoms with E-state index in [0.29, 0.717) is 12.7 Å². The van der Waals surface area contributed by atoms with E-state index in [-0.39, 0.29) is 13.1 Å². The second kappa shape index (κ2) is 10.2. The summed E-state index contributed by atoms with van der Waals surface area (Å²) in [4.78, 5) is 47.3. The molecule has 0 saturated carbocycles. The zero-order chi connectivity index (χ0) is 18.8. The van der Waals surface area contributed by atoms with Gasteiger partial charge in [0.1, 0.15) is 0 Å². The fourth-order valence-electron chi connectivity index (χ4n) is 2.04. The van der Waals surface area contributed by atoms with Crippen LogP contribution < -0.4 is 22.1 Å². The summed E-state index contributed by atoms with van der Waals surface area (Å²) in [7, 11) is 1.37. The second-order valence-electron chi connectivity index (χ2n) is 5.37. The molecule has 0 aliphatic heterocycles. The van der Waals surface area contributed by atoms with Gasteiger partial charge in [0, 0.05) is 7.05 Å². The van der Waals surface area contributed by atoms with Crippen LogP contribution in [0.25, 0.3) is 0 Å². The highest BCUT2D eigenvalue weighted by Crippen LogP contribution is 2.04. The smallest absolute Gasteiger partial charge is 0.241 e. The van der Waals surface area contributed by atoms with Crippen LogP contribution in [0, 0.1) is 0 Å². The minimum absolute atomic E-state index is 0.253. The standard InChI is InChI=1S/C16H23N5O4/c1-21(13(10-22)20-15(24)9-19-14(23)8-17)16(25)12(18)7-11-5-3-2-4-6-11/h2-6,10,12-13H,7-9,17-18H2,1H3,(H,19,23)(H,20,24)/t12-,13+/m0/s1. The van der Waals surface area contributed by atoms with Gasteiger partial charge >= 0.3 is 0 Å². The highest BCUT2D eigenvalue weighted by Gasteiger charge is 2.25. The molecule has 6 N–H and O–H groups in total. The average Bonchev–Trinajstić information content (AvgIpc) is 2.63. The topological polar surface area (TPSA) is 148 Å². The van der Waals surface area contributed by atoms with Gasteiger partial charge in [-0.3, -0.25) is 19.2 Å². The first-order valence-electron chi connectivity index (χ1n) is 7.66. The van der Waals surface area contributed by atoms with Crippen molar-refractivity contribution in [1.29, 1.82) is 0 Å². The molecule has 1 rings (SSSR count). The lowest BCUT2D eigenvalue weighted by Gasteiger charge is -2.27. The van der Waals surface area contributed by atoms with Gasteiger partial charge in [-0.25, -0.2) is 0 Å². The number of nitrogens with zero attached hydrogens (tertiary/aromatic N) is 1. The van der Waals surface area contributed by atoms with E-state index in [2.05, 4.69) is 10.6 Å². The summed E-state index contributed by atoms with van der Waals surface area (Å²) in [6, 6.07) is 8.34. The Morgan fingerprint density at radius 3 is 2.40 bits per heavy atom. The number of carbonyl (C=O) groups is 4. The predicted molar refractivity (Wildman–Crippen MR) is 91.0 cm³/mol. The Morgan fingerprint density at radius 1 is 1.20 bits per heavy atom. The van der Waals surface area contributed by atoms with Crippen molar-refractivity contribution < 1.29 is 19.2 Å². The zero-order valence-corrected chi connectivity index (χ0v) is 14.0. The first-order valence-corrected chi connectivity index (χ1v) is 7.66. The molecule has 9 nitrogen and oxygen atoms in total. The van der Waals surface area contributed by atoms with Gasteiger partial charge in [-0.2, -0.15) is 0 Å². The van der Waals surface area contributed by atoms with Crippen LogP contribution in [0.1, 0.15) is 5.56 Å². The van der Waals surface area contributed by atoms with Gasteiger partial charge in [-0.1, -0.05) is 30.3 Å². The minimum atomic E-state index is -1.18. The van der Waals surface area contributed by atoms with Crippen molar-refractivity contribution in [3.8, 4) is 0 Å². The Morgan fingerprint density at radius 2 is 1.84 bits per heavy atom. The van der Waals surface area contributed by atoms with Gasteiger partial charge in [0.05, 0.1) is 19.1 Å². The van der Waals surface area contributed by atoms with E-state index < -0.39 is 29.9 Å². The maximum absolute atomic E-state index is 12.3. The largest absolute Gasteiger partial charge is 0.346 e. The third-order valence-corrected chi connectivity index (χ3v) is 3.45. The summed E-state index contributed by atoms with van der Waals surface area (Å²) in [5, 5.41) is 4.60. The molecule has 0 aliphatic rings. The van der Waals surface area contributed by atoms with Crippen molar-refractivity contribution in [2.45, 2.75) is 18.6 Å². The molecule has 0 spiro atoms. The van der Waals surface area contributed by atoms with Crippen molar-refractivity contribution in [2.75, 3.05) is 20.1 Å². The molecular formula is C16H23N5O4. The van der Waals surface area contributed by atoms with Crippen LogP contribution in [0.3, 0.4) is 0 Å². The molecule has 1 aromatic rings. The average molecular weight is 349 g/mol. The van der Waals surface area contributed by atoms with Gasteiger partial charge in [0.2, 0.25) is 17.7 Å². The van der Waals surface area contributed by atoms with Crippen molar-refractivity contribution in [2.24, 2.45) is 11.5 Å². The van der Waals surface area contributed by atoms with E-state index in [1.807, 2.05) is 30.3 Å². The lowest BCUT2D eigenvalue weighted by Crippen LogP contribution is -2.56. The predicted octanol–water partition coefficient (Wildman–Crippen LogP) is -2.27. The summed E-state index contributed by atoms with van der Waals surface area (Å²) in [5.74, 6) is -1.63. The number of hydrogen-bond donors (Lipinski definition) is 4. The van der Waals surface area contributed by atoms with Crippen LogP contribution in [-0.2, 0) is 25.6 Å². The van der Waals surface area contributed by atoms with E-state index in [1.165, 1.54) is 7.05 Å². The highest BCUT2D eigenvalue weighted by molar-refractivity contribution is 5.89. The van der Waals surface area contributed by atoms with Crippen molar-refractivity contribution in [3.63, 3.8) is 0 Å². The summed E-state index contributed by atoms with van der Waals surface area (Å²) < 4.78 is 0. The number of likely N-dealkylation sites (N-methyl/N-ethyl adjacent to an activating group) is 1. The van der Waals surface area contributed by atoms with Gasteiger partial charge in [-0.05, 0) is 12.0 Å². The molecule has 0 aliphatic carbocycles. The number of rotatable bonds is 9. The normalized spacial score (nSPS) is 12.6. The van der Waals surface area contributed by atoms with Gasteiger partial charge in [0.15, 0.2) is 12.5 Å². The fraction of sp³-hybridized carbons (Fsp3) is 0.375. The van der Waals surface area contributed by atoms with Crippen molar-refractivity contribution >= 4 is 24.0 Å². The van der Waals surface area contributed by atoms with Gasteiger partial charge in [0.25, 0.3) is 0 Å². The molecule has 25 heavy (non-hydrogen) atoms. The molecule has 1 aromatic carbocycles. The van der Waals surface area contributed by atoms with E-state index >= 15 is 0 Å². The van der Waals surface area contributed by atoms with E-state index in [4.69, 9.17) is 11.5 Å². The van der Waals surface area contributed by atoms with Crippen LogP contribution in [-0.4, -0.2) is 61.3 Å². The molecule has 0 saturated heterocycles. The monoisotopic (exact) mass is 349 g/mol. The number of carbonyl (C=O) groups excluding carboxylic acids is 4. The minimum Gasteiger partial charge on any atom is -0.346 e. The Kier molecular flexibility index (Phi) is 8.24. The molecule has 2 atom stereocenters. The van der Waals surface area contributed by atoms with Crippen LogP contribution in [0.5, 0.6) is 0 Å². The van der Waals surface area contributed by atoms with Crippen LogP contribution in [0.15, 0.2) is 30.3 Å². The van der Waals surface area contributed by atoms with Crippen LogP contribution in [0.2, 0.25) is 0 Å². The number of hydrogen-bond acceptors (Lipinski definition) is 6. The maximum atomic E-state index is 12.3. The SMILES string of the molecule is CN(C(=O)[C@@H](N)Cc1ccccc1)[C@H](C=O)NC(=O)CNC(=O)CN. The molecule has 0 radical (unpaired) electrons. The summed E-state index contributed by atoms with van der Waals surface area (Å²) in [6.07, 6.45) is -0.470. The van der Waals surface area contributed by atoms with Crippen LogP contribution in [0.4, 0.5) is 0 Å². The maximum Gasteiger partial charge on any atom is 0.241 e. The molecule has 0 aromatic heterocycles.